The summed E-state index contributed by atoms with van der Waals surface area (Å²) in [6, 6.07) is 2.66. The van der Waals surface area contributed by atoms with Gasteiger partial charge in [0.2, 0.25) is 10.0 Å². The SMILES string of the molecule is C[C@H]1C[C@@H]1CNc1cc(C(=O)O)cc(N(C)S(C)(=O)=O)n1. The van der Waals surface area contributed by atoms with Crippen molar-refractivity contribution in [2.75, 3.05) is 29.5 Å². The minimum Gasteiger partial charge on any atom is -0.478 e. The van der Waals surface area contributed by atoms with E-state index in [0.29, 0.717) is 24.2 Å². The van der Waals surface area contributed by atoms with Gasteiger partial charge in [0, 0.05) is 13.6 Å². The third kappa shape index (κ3) is 3.84. The number of pyridine rings is 1. The van der Waals surface area contributed by atoms with Crippen LogP contribution >= 0.6 is 0 Å². The molecular weight excluding hydrogens is 294 g/mol. The molecule has 0 aromatic carbocycles. The van der Waals surface area contributed by atoms with Gasteiger partial charge in [0.05, 0.1) is 11.8 Å². The van der Waals surface area contributed by atoms with Crippen molar-refractivity contribution in [3.8, 4) is 0 Å². The van der Waals surface area contributed by atoms with Gasteiger partial charge < -0.3 is 10.4 Å². The summed E-state index contributed by atoms with van der Waals surface area (Å²) < 4.78 is 24.1. The number of hydrogen-bond acceptors (Lipinski definition) is 5. The normalized spacial score (nSPS) is 20.9. The predicted octanol–water partition coefficient (Wildman–Crippen LogP) is 1.24. The Morgan fingerprint density at radius 2 is 2.14 bits per heavy atom. The summed E-state index contributed by atoms with van der Waals surface area (Å²) in [6.45, 7) is 2.86. The van der Waals surface area contributed by atoms with Crippen LogP contribution in [0.2, 0.25) is 0 Å². The van der Waals surface area contributed by atoms with Gasteiger partial charge in [-0.3, -0.25) is 4.31 Å². The van der Waals surface area contributed by atoms with E-state index in [0.717, 1.165) is 17.0 Å². The van der Waals surface area contributed by atoms with Crippen LogP contribution < -0.4 is 9.62 Å². The number of aromatic nitrogens is 1. The Kier molecular flexibility index (Phi) is 4.08. The Balaban J connectivity index is 2.27. The molecule has 1 saturated carbocycles. The minimum absolute atomic E-state index is 0.00171. The second-order valence-corrected chi connectivity index (χ2v) is 7.50. The van der Waals surface area contributed by atoms with E-state index in [1.165, 1.54) is 19.2 Å². The molecule has 116 valence electrons. The summed E-state index contributed by atoms with van der Waals surface area (Å²) in [6.07, 6.45) is 2.18. The standard InChI is InChI=1S/C13H19N3O4S/c1-8-4-10(8)7-14-11-5-9(13(17)18)6-12(15-11)16(2)21(3,19)20/h5-6,8,10H,4,7H2,1-3H3,(H,14,15)(H,17,18)/t8-,10+/m0/s1. The van der Waals surface area contributed by atoms with E-state index >= 15 is 0 Å². The molecule has 0 saturated heterocycles. The number of hydrogen-bond donors (Lipinski definition) is 2. The highest BCUT2D eigenvalue weighted by Gasteiger charge is 2.32. The maximum atomic E-state index is 11.6. The molecule has 1 heterocycles. The lowest BCUT2D eigenvalue weighted by molar-refractivity contribution is 0.0697. The maximum Gasteiger partial charge on any atom is 0.335 e. The van der Waals surface area contributed by atoms with E-state index in [2.05, 4.69) is 17.2 Å². The van der Waals surface area contributed by atoms with Gasteiger partial charge in [0.25, 0.3) is 0 Å². The van der Waals surface area contributed by atoms with Crippen molar-refractivity contribution in [3.05, 3.63) is 17.7 Å². The van der Waals surface area contributed by atoms with Gasteiger partial charge in [-0.1, -0.05) is 6.92 Å². The second-order valence-electron chi connectivity index (χ2n) is 5.49. The Bertz CT molecular complexity index is 659. The van der Waals surface area contributed by atoms with Gasteiger partial charge in [0.1, 0.15) is 11.6 Å². The quantitative estimate of drug-likeness (QED) is 0.820. The smallest absolute Gasteiger partial charge is 0.335 e. The van der Waals surface area contributed by atoms with E-state index < -0.39 is 16.0 Å². The fraction of sp³-hybridized carbons (Fsp3) is 0.538. The molecule has 2 N–H and O–H groups in total. The zero-order valence-corrected chi connectivity index (χ0v) is 13.0. The third-order valence-electron chi connectivity index (χ3n) is 3.70. The van der Waals surface area contributed by atoms with E-state index in [-0.39, 0.29) is 11.4 Å². The summed E-state index contributed by atoms with van der Waals surface area (Å²) >= 11 is 0. The van der Waals surface area contributed by atoms with Crippen molar-refractivity contribution < 1.29 is 18.3 Å². The van der Waals surface area contributed by atoms with Crippen LogP contribution in [0.25, 0.3) is 0 Å². The molecule has 0 bridgehead atoms. The summed E-state index contributed by atoms with van der Waals surface area (Å²) in [5, 5.41) is 12.2. The number of rotatable bonds is 6. The van der Waals surface area contributed by atoms with E-state index in [1.54, 1.807) is 0 Å². The molecule has 21 heavy (non-hydrogen) atoms. The molecule has 0 aliphatic heterocycles. The fourth-order valence-electron chi connectivity index (χ4n) is 1.98. The number of sulfonamides is 1. The summed E-state index contributed by atoms with van der Waals surface area (Å²) in [5.41, 5.74) is 0.00171. The first-order valence-corrected chi connectivity index (χ1v) is 8.46. The zero-order chi connectivity index (χ0) is 15.8. The van der Waals surface area contributed by atoms with Crippen LogP contribution in [0.5, 0.6) is 0 Å². The Hall–Kier alpha value is -1.83. The summed E-state index contributed by atoms with van der Waals surface area (Å²) in [7, 11) is -2.15. The van der Waals surface area contributed by atoms with Gasteiger partial charge in [-0.2, -0.15) is 0 Å². The van der Waals surface area contributed by atoms with Crippen molar-refractivity contribution in [1.82, 2.24) is 4.98 Å². The number of nitrogens with zero attached hydrogens (tertiary/aromatic N) is 2. The van der Waals surface area contributed by atoms with Gasteiger partial charge in [-0.05, 0) is 30.4 Å². The summed E-state index contributed by atoms with van der Waals surface area (Å²) in [5.74, 6) is 0.571. The highest BCUT2D eigenvalue weighted by atomic mass is 32.2. The fourth-order valence-corrected chi connectivity index (χ4v) is 2.41. The number of carboxylic acid groups (broad SMARTS) is 1. The summed E-state index contributed by atoms with van der Waals surface area (Å²) in [4.78, 5) is 15.3. The molecule has 0 unspecified atom stereocenters. The number of carbonyl (C=O) groups is 1. The first kappa shape index (κ1) is 15.6. The van der Waals surface area contributed by atoms with Crippen molar-refractivity contribution in [3.63, 3.8) is 0 Å². The first-order chi connectivity index (χ1) is 9.68. The number of anilines is 2. The zero-order valence-electron chi connectivity index (χ0n) is 12.2. The molecule has 1 aliphatic rings. The van der Waals surface area contributed by atoms with Crippen molar-refractivity contribution >= 4 is 27.6 Å². The molecule has 0 amide bonds. The number of carboxylic acids is 1. The predicted molar refractivity (Wildman–Crippen MR) is 80.2 cm³/mol. The van der Waals surface area contributed by atoms with Crippen molar-refractivity contribution in [1.29, 1.82) is 0 Å². The lowest BCUT2D eigenvalue weighted by Gasteiger charge is -2.17. The molecule has 2 atom stereocenters. The van der Waals surface area contributed by atoms with Crippen LogP contribution in [-0.2, 0) is 10.0 Å². The topological polar surface area (TPSA) is 99.6 Å². The molecule has 1 fully saturated rings. The monoisotopic (exact) mass is 313 g/mol. The van der Waals surface area contributed by atoms with E-state index in [9.17, 15) is 13.2 Å². The van der Waals surface area contributed by atoms with Crippen LogP contribution in [0.4, 0.5) is 11.6 Å². The molecule has 1 aromatic heterocycles. The molecular formula is C13H19N3O4S. The van der Waals surface area contributed by atoms with Crippen molar-refractivity contribution in [2.24, 2.45) is 11.8 Å². The van der Waals surface area contributed by atoms with Crippen LogP contribution in [0.15, 0.2) is 12.1 Å². The molecule has 2 rings (SSSR count). The Morgan fingerprint density at radius 3 is 2.62 bits per heavy atom. The Labute approximate surface area is 124 Å². The average molecular weight is 313 g/mol. The second kappa shape index (κ2) is 5.51. The molecule has 1 aliphatic carbocycles. The van der Waals surface area contributed by atoms with Gasteiger partial charge in [-0.15, -0.1) is 0 Å². The third-order valence-corrected chi connectivity index (χ3v) is 4.88. The minimum atomic E-state index is -3.49. The lowest BCUT2D eigenvalue weighted by Crippen LogP contribution is -2.26. The van der Waals surface area contributed by atoms with Crippen LogP contribution in [0.1, 0.15) is 23.7 Å². The van der Waals surface area contributed by atoms with Gasteiger partial charge in [-0.25, -0.2) is 18.2 Å². The first-order valence-electron chi connectivity index (χ1n) is 6.61. The average Bonchev–Trinajstić information content (AvgIpc) is 3.10. The number of aromatic carboxylic acids is 1. The highest BCUT2D eigenvalue weighted by molar-refractivity contribution is 7.92. The highest BCUT2D eigenvalue weighted by Crippen LogP contribution is 2.37. The van der Waals surface area contributed by atoms with Gasteiger partial charge in [0.15, 0.2) is 0 Å². The van der Waals surface area contributed by atoms with Crippen molar-refractivity contribution in [2.45, 2.75) is 13.3 Å². The maximum absolute atomic E-state index is 11.6. The van der Waals surface area contributed by atoms with Crippen LogP contribution in [0.3, 0.4) is 0 Å². The van der Waals surface area contributed by atoms with E-state index in [4.69, 9.17) is 5.11 Å². The Morgan fingerprint density at radius 1 is 1.52 bits per heavy atom. The van der Waals surface area contributed by atoms with Gasteiger partial charge >= 0.3 is 5.97 Å². The molecule has 0 radical (unpaired) electrons. The van der Waals surface area contributed by atoms with Crippen LogP contribution in [-0.4, -0.2) is 44.3 Å². The van der Waals surface area contributed by atoms with Crippen LogP contribution in [0, 0.1) is 11.8 Å². The molecule has 1 aromatic rings. The lowest BCUT2D eigenvalue weighted by atomic mass is 10.2. The molecule has 0 spiro atoms. The van der Waals surface area contributed by atoms with E-state index in [1.807, 2.05) is 0 Å². The molecule has 8 heteroatoms. The number of nitrogens with one attached hydrogen (secondary N) is 1. The largest absolute Gasteiger partial charge is 0.478 e. The molecule has 7 nitrogen and oxygen atoms in total.